The van der Waals surface area contributed by atoms with Crippen molar-refractivity contribution in [1.29, 1.82) is 0 Å². The van der Waals surface area contributed by atoms with Crippen LogP contribution in [0.5, 0.6) is 0 Å². The first-order valence-corrected chi connectivity index (χ1v) is 6.31. The predicted molar refractivity (Wildman–Crippen MR) is 64.3 cm³/mol. The Bertz CT molecular complexity index is 515. The molecule has 0 amide bonds. The lowest BCUT2D eigenvalue weighted by Gasteiger charge is -2.07. The summed E-state index contributed by atoms with van der Waals surface area (Å²) >= 11 is 0. The van der Waals surface area contributed by atoms with Crippen molar-refractivity contribution in [2.75, 3.05) is 12.3 Å². The van der Waals surface area contributed by atoms with Crippen LogP contribution in [0, 0.1) is 12.3 Å². The van der Waals surface area contributed by atoms with E-state index in [4.69, 9.17) is 12.2 Å². The van der Waals surface area contributed by atoms with Crippen LogP contribution in [-0.2, 0) is 16.4 Å². The van der Waals surface area contributed by atoms with Crippen molar-refractivity contribution in [2.24, 2.45) is 0 Å². The minimum absolute atomic E-state index is 0.0300. The van der Waals surface area contributed by atoms with Gasteiger partial charge in [-0.25, -0.2) is 8.42 Å². The van der Waals surface area contributed by atoms with Gasteiger partial charge in [0, 0.05) is 5.69 Å². The number of nitrogens with one attached hydrogen (secondary N) is 1. The van der Waals surface area contributed by atoms with E-state index < -0.39 is 10.0 Å². The first kappa shape index (κ1) is 12.6. The Balaban J connectivity index is 3.06. The van der Waals surface area contributed by atoms with Crippen LogP contribution < -0.4 is 10.5 Å². The van der Waals surface area contributed by atoms with Gasteiger partial charge in [-0.2, -0.15) is 4.72 Å². The molecular formula is C11H14N2O2S. The molecule has 0 bridgehead atoms. The third-order valence-corrected chi connectivity index (χ3v) is 3.57. The zero-order valence-electron chi connectivity index (χ0n) is 9.03. The van der Waals surface area contributed by atoms with Crippen molar-refractivity contribution in [3.8, 4) is 12.3 Å². The summed E-state index contributed by atoms with van der Waals surface area (Å²) in [6.45, 7) is 1.92. The molecule has 0 spiro atoms. The number of terminal acetylenes is 1. The monoisotopic (exact) mass is 238 g/mol. The molecule has 86 valence electrons. The molecule has 0 radical (unpaired) electrons. The van der Waals surface area contributed by atoms with Crippen molar-refractivity contribution in [2.45, 2.75) is 18.2 Å². The van der Waals surface area contributed by atoms with E-state index in [0.717, 1.165) is 12.0 Å². The van der Waals surface area contributed by atoms with E-state index in [2.05, 4.69) is 10.6 Å². The molecule has 1 aromatic carbocycles. The highest BCUT2D eigenvalue weighted by molar-refractivity contribution is 7.89. The van der Waals surface area contributed by atoms with Crippen LogP contribution in [-0.4, -0.2) is 15.0 Å². The van der Waals surface area contributed by atoms with Crippen molar-refractivity contribution < 1.29 is 8.42 Å². The molecule has 0 atom stereocenters. The van der Waals surface area contributed by atoms with Crippen molar-refractivity contribution in [3.05, 3.63) is 23.8 Å². The van der Waals surface area contributed by atoms with E-state index >= 15 is 0 Å². The summed E-state index contributed by atoms with van der Waals surface area (Å²) in [5, 5.41) is 0. The van der Waals surface area contributed by atoms with Gasteiger partial charge in [0.1, 0.15) is 0 Å². The van der Waals surface area contributed by atoms with E-state index in [9.17, 15) is 8.42 Å². The van der Waals surface area contributed by atoms with Gasteiger partial charge in [-0.05, 0) is 24.1 Å². The Morgan fingerprint density at radius 1 is 1.50 bits per heavy atom. The number of hydrogen-bond donors (Lipinski definition) is 2. The Labute approximate surface area is 95.9 Å². The van der Waals surface area contributed by atoms with E-state index in [1.807, 2.05) is 6.92 Å². The van der Waals surface area contributed by atoms with Crippen LogP contribution in [0.2, 0.25) is 0 Å². The lowest BCUT2D eigenvalue weighted by molar-refractivity contribution is 0.586. The molecule has 5 heteroatoms. The smallest absolute Gasteiger partial charge is 0.241 e. The summed E-state index contributed by atoms with van der Waals surface area (Å²) in [7, 11) is -3.54. The Morgan fingerprint density at radius 3 is 2.69 bits per heavy atom. The highest BCUT2D eigenvalue weighted by Crippen LogP contribution is 2.18. The fourth-order valence-electron chi connectivity index (χ4n) is 1.28. The number of nitrogens with two attached hydrogens (primary N) is 1. The lowest BCUT2D eigenvalue weighted by atomic mass is 10.1. The molecule has 0 saturated carbocycles. The topological polar surface area (TPSA) is 72.2 Å². The predicted octanol–water partition coefficient (Wildman–Crippen LogP) is 0.743. The largest absolute Gasteiger partial charge is 0.398 e. The number of rotatable bonds is 4. The Hall–Kier alpha value is -1.51. The van der Waals surface area contributed by atoms with E-state index in [1.54, 1.807) is 6.07 Å². The molecule has 0 saturated heterocycles. The fourth-order valence-corrected chi connectivity index (χ4v) is 2.25. The Morgan fingerprint density at radius 2 is 2.19 bits per heavy atom. The second-order valence-electron chi connectivity index (χ2n) is 3.24. The van der Waals surface area contributed by atoms with E-state index in [-0.39, 0.29) is 11.4 Å². The average molecular weight is 238 g/mol. The maximum absolute atomic E-state index is 11.7. The quantitative estimate of drug-likeness (QED) is 0.600. The lowest BCUT2D eigenvalue weighted by Crippen LogP contribution is -2.24. The van der Waals surface area contributed by atoms with Crippen molar-refractivity contribution >= 4 is 15.7 Å². The van der Waals surface area contributed by atoms with Gasteiger partial charge in [0.05, 0.1) is 11.4 Å². The molecular weight excluding hydrogens is 224 g/mol. The summed E-state index contributed by atoms with van der Waals surface area (Å²) in [4.78, 5) is 0.137. The van der Waals surface area contributed by atoms with Crippen LogP contribution in [0.25, 0.3) is 0 Å². The fraction of sp³-hybridized carbons (Fsp3) is 0.273. The van der Waals surface area contributed by atoms with Crippen LogP contribution in [0.15, 0.2) is 23.1 Å². The maximum atomic E-state index is 11.7. The summed E-state index contributed by atoms with van der Waals surface area (Å²) in [6.07, 6.45) is 5.76. The van der Waals surface area contributed by atoms with Gasteiger partial charge in [0.2, 0.25) is 10.0 Å². The number of hydrogen-bond acceptors (Lipinski definition) is 3. The normalized spacial score (nSPS) is 11.0. The molecule has 3 N–H and O–H groups in total. The number of benzene rings is 1. The van der Waals surface area contributed by atoms with Gasteiger partial charge in [0.25, 0.3) is 0 Å². The van der Waals surface area contributed by atoms with E-state index in [1.165, 1.54) is 12.1 Å². The number of aryl methyl sites for hydroxylation is 1. The van der Waals surface area contributed by atoms with Gasteiger partial charge in [-0.1, -0.05) is 18.9 Å². The molecule has 0 aliphatic carbocycles. The first-order valence-electron chi connectivity index (χ1n) is 4.82. The van der Waals surface area contributed by atoms with Crippen molar-refractivity contribution in [1.82, 2.24) is 4.72 Å². The number of nitrogen functional groups attached to an aromatic ring is 1. The molecule has 0 aromatic heterocycles. The molecule has 1 aromatic rings. The SMILES string of the molecule is C#CCNS(=O)(=O)c1ccc(CC)c(N)c1. The first-order chi connectivity index (χ1) is 7.51. The summed E-state index contributed by atoms with van der Waals surface area (Å²) in [6, 6.07) is 4.67. The molecule has 0 aliphatic heterocycles. The Kier molecular flexibility index (Phi) is 3.93. The molecule has 0 heterocycles. The summed E-state index contributed by atoms with van der Waals surface area (Å²) in [5.74, 6) is 2.21. The van der Waals surface area contributed by atoms with Gasteiger partial charge in [-0.15, -0.1) is 6.42 Å². The zero-order valence-corrected chi connectivity index (χ0v) is 9.84. The van der Waals surface area contributed by atoms with Gasteiger partial charge < -0.3 is 5.73 Å². The highest BCUT2D eigenvalue weighted by atomic mass is 32.2. The second kappa shape index (κ2) is 5.01. The molecule has 4 nitrogen and oxygen atoms in total. The van der Waals surface area contributed by atoms with Crippen LogP contribution in [0.3, 0.4) is 0 Å². The average Bonchev–Trinajstić information content (AvgIpc) is 2.26. The summed E-state index contributed by atoms with van der Waals surface area (Å²) < 4.78 is 25.6. The standard InChI is InChI=1S/C11H14N2O2S/c1-3-7-13-16(14,15)10-6-5-9(4-2)11(12)8-10/h1,5-6,8,13H,4,7,12H2,2H3. The molecule has 0 aliphatic rings. The minimum atomic E-state index is -3.54. The van der Waals surface area contributed by atoms with Gasteiger partial charge in [-0.3, -0.25) is 0 Å². The number of sulfonamides is 1. The van der Waals surface area contributed by atoms with Crippen LogP contribution in [0.4, 0.5) is 5.69 Å². The molecule has 16 heavy (non-hydrogen) atoms. The van der Waals surface area contributed by atoms with Gasteiger partial charge >= 0.3 is 0 Å². The number of anilines is 1. The maximum Gasteiger partial charge on any atom is 0.241 e. The third-order valence-electron chi connectivity index (χ3n) is 2.17. The molecule has 0 unspecified atom stereocenters. The molecule has 1 rings (SSSR count). The zero-order chi connectivity index (χ0) is 12.2. The van der Waals surface area contributed by atoms with E-state index in [0.29, 0.717) is 5.69 Å². The summed E-state index contributed by atoms with van der Waals surface area (Å²) in [5.41, 5.74) is 7.13. The van der Waals surface area contributed by atoms with Crippen molar-refractivity contribution in [3.63, 3.8) is 0 Å². The third kappa shape index (κ3) is 2.75. The second-order valence-corrected chi connectivity index (χ2v) is 5.01. The van der Waals surface area contributed by atoms with Crippen LogP contribution in [0.1, 0.15) is 12.5 Å². The minimum Gasteiger partial charge on any atom is -0.398 e. The van der Waals surface area contributed by atoms with Crippen LogP contribution >= 0.6 is 0 Å². The van der Waals surface area contributed by atoms with Gasteiger partial charge in [0.15, 0.2) is 0 Å². The highest BCUT2D eigenvalue weighted by Gasteiger charge is 2.13. The molecule has 0 fully saturated rings.